The Balaban J connectivity index is 1.51. The molecule has 7 heteroatoms. The molecule has 2 heterocycles. The van der Waals surface area contributed by atoms with Gasteiger partial charge in [-0.15, -0.1) is 10.2 Å². The van der Waals surface area contributed by atoms with Crippen LogP contribution in [0.1, 0.15) is 17.9 Å². The van der Waals surface area contributed by atoms with Crippen LogP contribution in [-0.2, 0) is 17.6 Å². The third-order valence-electron chi connectivity index (χ3n) is 3.32. The summed E-state index contributed by atoms with van der Waals surface area (Å²) >= 11 is 1.56. The minimum atomic E-state index is -0.127. The van der Waals surface area contributed by atoms with Crippen LogP contribution in [0.15, 0.2) is 45.5 Å². The number of hydrogen-bond acceptors (Lipinski definition) is 6. The Morgan fingerprint density at radius 3 is 2.79 bits per heavy atom. The highest BCUT2D eigenvalue weighted by molar-refractivity contribution is 7.08. The summed E-state index contributed by atoms with van der Waals surface area (Å²) in [5.41, 5.74) is 2.51. The molecule has 3 aromatic rings. The summed E-state index contributed by atoms with van der Waals surface area (Å²) in [5.74, 6) is 0.786. The highest BCUT2D eigenvalue weighted by Gasteiger charge is 2.11. The van der Waals surface area contributed by atoms with Gasteiger partial charge in [-0.25, -0.2) is 0 Å². The van der Waals surface area contributed by atoms with E-state index in [0.29, 0.717) is 30.3 Å². The highest BCUT2D eigenvalue weighted by Crippen LogP contribution is 2.20. The van der Waals surface area contributed by atoms with E-state index in [1.165, 1.54) is 0 Å². The first-order valence-electron chi connectivity index (χ1n) is 7.35. The summed E-state index contributed by atoms with van der Waals surface area (Å²) in [7, 11) is 0. The molecule has 1 aromatic carbocycles. The van der Waals surface area contributed by atoms with Crippen LogP contribution >= 0.6 is 11.3 Å². The summed E-state index contributed by atoms with van der Waals surface area (Å²) in [4.78, 5) is 12.0. The predicted molar refractivity (Wildman–Crippen MR) is 90.3 cm³/mol. The fourth-order valence-electron chi connectivity index (χ4n) is 2.10. The molecule has 0 aliphatic heterocycles. The molecular formula is C17H14N4O2S. The Kier molecular flexibility index (Phi) is 4.99. The molecule has 0 saturated carbocycles. The third kappa shape index (κ3) is 4.06. The highest BCUT2D eigenvalue weighted by atomic mass is 32.1. The Bertz CT molecular complexity index is 848. The van der Waals surface area contributed by atoms with Crippen molar-refractivity contribution in [3.05, 3.63) is 52.5 Å². The number of anilines is 1. The van der Waals surface area contributed by atoms with Gasteiger partial charge in [0.25, 0.3) is 0 Å². The van der Waals surface area contributed by atoms with Crippen molar-refractivity contribution >= 4 is 22.9 Å². The molecule has 0 fully saturated rings. The Morgan fingerprint density at radius 1 is 1.25 bits per heavy atom. The average Bonchev–Trinajstić information content (AvgIpc) is 3.26. The number of aromatic nitrogens is 2. The number of nitriles is 1. The first-order chi connectivity index (χ1) is 11.7. The van der Waals surface area contributed by atoms with Crippen molar-refractivity contribution in [2.45, 2.75) is 19.3 Å². The van der Waals surface area contributed by atoms with Gasteiger partial charge in [-0.2, -0.15) is 16.6 Å². The van der Waals surface area contributed by atoms with E-state index in [4.69, 9.17) is 9.68 Å². The second kappa shape index (κ2) is 7.53. The maximum Gasteiger partial charge on any atom is 0.248 e. The molecule has 2 aromatic heterocycles. The lowest BCUT2D eigenvalue weighted by Gasteiger charge is -2.04. The molecule has 1 N–H and O–H groups in total. The van der Waals surface area contributed by atoms with Crippen molar-refractivity contribution in [2.24, 2.45) is 0 Å². The van der Waals surface area contributed by atoms with Crippen molar-refractivity contribution < 1.29 is 9.21 Å². The zero-order chi connectivity index (χ0) is 16.8. The van der Waals surface area contributed by atoms with E-state index in [1.807, 2.05) is 29.0 Å². The monoisotopic (exact) mass is 338 g/mol. The Morgan fingerprint density at radius 2 is 2.08 bits per heavy atom. The van der Waals surface area contributed by atoms with Crippen LogP contribution in [0.3, 0.4) is 0 Å². The predicted octanol–water partition coefficient (Wildman–Crippen LogP) is 3.44. The molecule has 1 amide bonds. The van der Waals surface area contributed by atoms with E-state index in [2.05, 4.69) is 21.6 Å². The topological polar surface area (TPSA) is 91.8 Å². The summed E-state index contributed by atoms with van der Waals surface area (Å²) in [5, 5.41) is 23.3. The van der Waals surface area contributed by atoms with Gasteiger partial charge in [0.05, 0.1) is 12.5 Å². The van der Waals surface area contributed by atoms with E-state index in [0.717, 1.165) is 11.1 Å². The number of aryl methyl sites for hydroxylation is 1. The zero-order valence-electron chi connectivity index (χ0n) is 12.7. The standard InChI is InChI=1S/C17H14N4O2S/c18-9-7-12-1-3-14(4-2-12)19-15(22)5-6-16-20-21-17(23-16)13-8-10-24-11-13/h1-4,8,10-11H,5-7H2,(H,19,22). The lowest BCUT2D eigenvalue weighted by atomic mass is 10.1. The molecular weight excluding hydrogens is 324 g/mol. The quantitative estimate of drug-likeness (QED) is 0.743. The first-order valence-corrected chi connectivity index (χ1v) is 8.29. The largest absolute Gasteiger partial charge is 0.421 e. The van der Waals surface area contributed by atoms with Crippen LogP contribution < -0.4 is 5.32 Å². The SMILES string of the molecule is N#CCc1ccc(NC(=O)CCc2nnc(-c3ccsc3)o2)cc1. The normalized spacial score (nSPS) is 10.3. The number of carbonyl (C=O) groups excluding carboxylic acids is 1. The van der Waals surface area contributed by atoms with E-state index >= 15 is 0 Å². The van der Waals surface area contributed by atoms with Crippen LogP contribution in [0, 0.1) is 11.3 Å². The van der Waals surface area contributed by atoms with Crippen molar-refractivity contribution in [1.29, 1.82) is 5.26 Å². The van der Waals surface area contributed by atoms with E-state index in [1.54, 1.807) is 23.5 Å². The van der Waals surface area contributed by atoms with Crippen LogP contribution in [-0.4, -0.2) is 16.1 Å². The molecule has 0 radical (unpaired) electrons. The molecule has 120 valence electrons. The molecule has 0 aliphatic rings. The molecule has 0 saturated heterocycles. The van der Waals surface area contributed by atoms with Crippen LogP contribution in [0.5, 0.6) is 0 Å². The van der Waals surface area contributed by atoms with Crippen LogP contribution in [0.2, 0.25) is 0 Å². The number of hydrogen-bond donors (Lipinski definition) is 1. The minimum absolute atomic E-state index is 0.127. The molecule has 24 heavy (non-hydrogen) atoms. The molecule has 6 nitrogen and oxygen atoms in total. The molecule has 0 spiro atoms. The molecule has 0 bridgehead atoms. The van der Waals surface area contributed by atoms with Gasteiger partial charge in [0.15, 0.2) is 0 Å². The molecule has 0 atom stereocenters. The zero-order valence-corrected chi connectivity index (χ0v) is 13.5. The van der Waals surface area contributed by atoms with Gasteiger partial charge < -0.3 is 9.73 Å². The number of benzene rings is 1. The lowest BCUT2D eigenvalue weighted by molar-refractivity contribution is -0.116. The third-order valence-corrected chi connectivity index (χ3v) is 4.01. The number of amides is 1. The van der Waals surface area contributed by atoms with Crippen molar-refractivity contribution in [1.82, 2.24) is 10.2 Å². The van der Waals surface area contributed by atoms with Crippen molar-refractivity contribution in [3.8, 4) is 17.5 Å². The van der Waals surface area contributed by atoms with Gasteiger partial charge in [0.1, 0.15) is 0 Å². The fourth-order valence-corrected chi connectivity index (χ4v) is 2.73. The van der Waals surface area contributed by atoms with Crippen LogP contribution in [0.25, 0.3) is 11.5 Å². The van der Waals surface area contributed by atoms with Gasteiger partial charge in [-0.3, -0.25) is 4.79 Å². The van der Waals surface area contributed by atoms with E-state index in [-0.39, 0.29) is 12.3 Å². The second-order valence-corrected chi connectivity index (χ2v) is 5.87. The van der Waals surface area contributed by atoms with E-state index < -0.39 is 0 Å². The van der Waals surface area contributed by atoms with Crippen LogP contribution in [0.4, 0.5) is 5.69 Å². The summed E-state index contributed by atoms with van der Waals surface area (Å²) in [6.45, 7) is 0. The molecule has 3 rings (SSSR count). The molecule has 0 aliphatic carbocycles. The Hall–Kier alpha value is -2.98. The second-order valence-electron chi connectivity index (χ2n) is 5.09. The minimum Gasteiger partial charge on any atom is -0.421 e. The Labute approximate surface area is 142 Å². The first kappa shape index (κ1) is 15.9. The summed E-state index contributed by atoms with van der Waals surface area (Å²) in [6.07, 6.45) is 0.999. The maximum absolute atomic E-state index is 12.0. The number of nitrogens with one attached hydrogen (secondary N) is 1. The number of thiophene rings is 1. The van der Waals surface area contributed by atoms with E-state index in [9.17, 15) is 4.79 Å². The average molecular weight is 338 g/mol. The van der Waals surface area contributed by atoms with Gasteiger partial charge in [-0.1, -0.05) is 12.1 Å². The number of rotatable bonds is 6. The van der Waals surface area contributed by atoms with Crippen molar-refractivity contribution in [2.75, 3.05) is 5.32 Å². The number of nitrogens with zero attached hydrogens (tertiary/aromatic N) is 3. The van der Waals surface area contributed by atoms with Gasteiger partial charge in [-0.05, 0) is 29.1 Å². The summed E-state index contributed by atoms with van der Waals surface area (Å²) < 4.78 is 5.55. The smallest absolute Gasteiger partial charge is 0.248 e. The fraction of sp³-hybridized carbons (Fsp3) is 0.176. The maximum atomic E-state index is 12.0. The lowest BCUT2D eigenvalue weighted by Crippen LogP contribution is -2.12. The van der Waals surface area contributed by atoms with Gasteiger partial charge >= 0.3 is 0 Å². The number of carbonyl (C=O) groups is 1. The summed E-state index contributed by atoms with van der Waals surface area (Å²) in [6, 6.07) is 11.2. The van der Waals surface area contributed by atoms with Gasteiger partial charge in [0.2, 0.25) is 17.7 Å². The molecule has 0 unspecified atom stereocenters. The van der Waals surface area contributed by atoms with Crippen molar-refractivity contribution in [3.63, 3.8) is 0 Å². The van der Waals surface area contributed by atoms with Gasteiger partial charge in [0, 0.05) is 29.5 Å².